The molecule has 2 aromatic carbocycles. The highest BCUT2D eigenvalue weighted by molar-refractivity contribution is 7.89. The maximum absolute atomic E-state index is 12.1. The van der Waals surface area contributed by atoms with E-state index in [9.17, 15) is 22.0 Å². The molecule has 0 aliphatic rings. The van der Waals surface area contributed by atoms with Crippen LogP contribution in [0.1, 0.15) is 15.9 Å². The summed E-state index contributed by atoms with van der Waals surface area (Å²) in [6.45, 7) is -2.70. The molecule has 0 heterocycles. The van der Waals surface area contributed by atoms with Crippen molar-refractivity contribution in [3.63, 3.8) is 0 Å². The smallest absolute Gasteiger partial charge is 0.387 e. The van der Waals surface area contributed by atoms with Gasteiger partial charge in [0.25, 0.3) is 5.91 Å². The number of amides is 1. The van der Waals surface area contributed by atoms with Crippen LogP contribution < -0.4 is 14.8 Å². The predicted octanol–water partition coefficient (Wildman–Crippen LogP) is 2.13. The lowest BCUT2D eigenvalue weighted by Gasteiger charge is -2.08. The average Bonchev–Trinajstić information content (AvgIpc) is 2.60. The summed E-state index contributed by atoms with van der Waals surface area (Å²) in [6.07, 6.45) is 0. The van der Waals surface area contributed by atoms with E-state index < -0.39 is 16.6 Å². The molecule has 25 heavy (non-hydrogen) atoms. The van der Waals surface area contributed by atoms with Crippen LogP contribution in [0.25, 0.3) is 0 Å². The van der Waals surface area contributed by atoms with Crippen LogP contribution in [0.5, 0.6) is 5.75 Å². The van der Waals surface area contributed by atoms with Crippen molar-refractivity contribution in [2.45, 2.75) is 18.1 Å². The Kier molecular flexibility index (Phi) is 6.05. The van der Waals surface area contributed by atoms with Gasteiger partial charge in [-0.2, -0.15) is 8.78 Å². The molecule has 0 atom stereocenters. The highest BCUT2D eigenvalue weighted by atomic mass is 32.2. The molecule has 6 nitrogen and oxygen atoms in total. The summed E-state index contributed by atoms with van der Waals surface area (Å²) in [5, 5.41) is 2.65. The van der Waals surface area contributed by atoms with Crippen molar-refractivity contribution in [1.82, 2.24) is 10.0 Å². The Balaban J connectivity index is 1.96. The summed E-state index contributed by atoms with van der Waals surface area (Å²) in [5.41, 5.74) is 0.997. The SMILES string of the molecule is CNS(=O)(=O)c1ccc(C(=O)NCc2ccc(OC(F)F)cc2)cc1. The van der Waals surface area contributed by atoms with Gasteiger partial charge in [-0.1, -0.05) is 12.1 Å². The number of benzene rings is 2. The lowest BCUT2D eigenvalue weighted by molar-refractivity contribution is -0.0498. The topological polar surface area (TPSA) is 84.5 Å². The van der Waals surface area contributed by atoms with E-state index in [2.05, 4.69) is 14.8 Å². The monoisotopic (exact) mass is 370 g/mol. The highest BCUT2D eigenvalue weighted by Crippen LogP contribution is 2.15. The molecule has 0 saturated carbocycles. The van der Waals surface area contributed by atoms with Gasteiger partial charge in [-0.05, 0) is 49.0 Å². The van der Waals surface area contributed by atoms with E-state index in [-0.39, 0.29) is 23.1 Å². The molecule has 134 valence electrons. The number of rotatable bonds is 7. The van der Waals surface area contributed by atoms with E-state index >= 15 is 0 Å². The van der Waals surface area contributed by atoms with Crippen LogP contribution in [-0.4, -0.2) is 28.0 Å². The fourth-order valence-corrected chi connectivity index (χ4v) is 2.71. The Hall–Kier alpha value is -2.52. The van der Waals surface area contributed by atoms with E-state index in [0.717, 1.165) is 0 Å². The zero-order chi connectivity index (χ0) is 18.4. The van der Waals surface area contributed by atoms with Crippen molar-refractivity contribution in [1.29, 1.82) is 0 Å². The van der Waals surface area contributed by atoms with Gasteiger partial charge in [0.15, 0.2) is 0 Å². The zero-order valence-electron chi connectivity index (χ0n) is 13.2. The van der Waals surface area contributed by atoms with Crippen LogP contribution in [0.15, 0.2) is 53.4 Å². The fraction of sp³-hybridized carbons (Fsp3) is 0.188. The Labute approximate surface area is 143 Å². The molecule has 9 heteroatoms. The predicted molar refractivity (Wildman–Crippen MR) is 86.9 cm³/mol. The first-order valence-corrected chi connectivity index (χ1v) is 8.65. The molecule has 0 fully saturated rings. The average molecular weight is 370 g/mol. The zero-order valence-corrected chi connectivity index (χ0v) is 14.0. The van der Waals surface area contributed by atoms with Gasteiger partial charge in [-0.15, -0.1) is 0 Å². The molecular weight excluding hydrogens is 354 g/mol. The maximum atomic E-state index is 12.1. The Morgan fingerprint density at radius 1 is 1.08 bits per heavy atom. The van der Waals surface area contributed by atoms with Gasteiger partial charge >= 0.3 is 6.61 Å². The summed E-state index contributed by atoms with van der Waals surface area (Å²) in [6, 6.07) is 11.3. The van der Waals surface area contributed by atoms with Crippen molar-refractivity contribution in [3.8, 4) is 5.75 Å². The van der Waals surface area contributed by atoms with Gasteiger partial charge in [0.1, 0.15) is 5.75 Å². The van der Waals surface area contributed by atoms with Crippen molar-refractivity contribution < 1.29 is 26.7 Å². The second-order valence-electron chi connectivity index (χ2n) is 4.94. The summed E-state index contributed by atoms with van der Waals surface area (Å²) in [7, 11) is -2.26. The molecule has 2 aromatic rings. The van der Waals surface area contributed by atoms with Crippen molar-refractivity contribution in [2.24, 2.45) is 0 Å². The number of nitrogens with one attached hydrogen (secondary N) is 2. The van der Waals surface area contributed by atoms with Crippen molar-refractivity contribution >= 4 is 15.9 Å². The quantitative estimate of drug-likeness (QED) is 0.782. The minimum Gasteiger partial charge on any atom is -0.435 e. The standard InChI is InChI=1S/C16H16F2N2O4S/c1-19-25(22,23)14-8-4-12(5-9-14)15(21)20-10-11-2-6-13(7-3-11)24-16(17)18/h2-9,16,19H,10H2,1H3,(H,20,21). The largest absolute Gasteiger partial charge is 0.435 e. The third kappa shape index (κ3) is 5.23. The summed E-state index contributed by atoms with van der Waals surface area (Å²) < 4.78 is 53.8. The molecule has 2 rings (SSSR count). The van der Waals surface area contributed by atoms with Crippen LogP contribution in [0.3, 0.4) is 0 Å². The third-order valence-corrected chi connectivity index (χ3v) is 4.73. The number of carbonyl (C=O) groups is 1. The molecule has 0 unspecified atom stereocenters. The number of ether oxygens (including phenoxy) is 1. The minimum atomic E-state index is -3.56. The number of halogens is 2. The summed E-state index contributed by atoms with van der Waals surface area (Å²) in [5.74, 6) is -0.354. The molecule has 0 aromatic heterocycles. The first-order chi connectivity index (χ1) is 11.8. The number of sulfonamides is 1. The normalized spacial score (nSPS) is 11.4. The Morgan fingerprint density at radius 3 is 2.20 bits per heavy atom. The van der Waals surface area contributed by atoms with E-state index in [0.29, 0.717) is 11.1 Å². The van der Waals surface area contributed by atoms with Crippen LogP contribution in [0, 0.1) is 0 Å². The number of hydrogen-bond donors (Lipinski definition) is 2. The van der Waals surface area contributed by atoms with E-state index in [4.69, 9.17) is 0 Å². The third-order valence-electron chi connectivity index (χ3n) is 3.30. The van der Waals surface area contributed by atoms with Crippen molar-refractivity contribution in [3.05, 3.63) is 59.7 Å². The van der Waals surface area contributed by atoms with Crippen LogP contribution in [0.2, 0.25) is 0 Å². The molecule has 0 aliphatic heterocycles. The number of hydrogen-bond acceptors (Lipinski definition) is 4. The van der Waals surface area contributed by atoms with Crippen LogP contribution in [-0.2, 0) is 16.6 Å². The first-order valence-electron chi connectivity index (χ1n) is 7.17. The lowest BCUT2D eigenvalue weighted by Crippen LogP contribution is -2.23. The van der Waals surface area contributed by atoms with E-state index in [1.54, 1.807) is 12.1 Å². The van der Waals surface area contributed by atoms with Gasteiger partial charge in [0.2, 0.25) is 10.0 Å². The van der Waals surface area contributed by atoms with E-state index in [1.807, 2.05) is 0 Å². The number of alkyl halides is 2. The molecule has 0 spiro atoms. The molecule has 0 saturated heterocycles. The second-order valence-corrected chi connectivity index (χ2v) is 6.82. The van der Waals surface area contributed by atoms with Gasteiger partial charge in [0, 0.05) is 12.1 Å². The van der Waals surface area contributed by atoms with Gasteiger partial charge in [-0.25, -0.2) is 13.1 Å². The van der Waals surface area contributed by atoms with E-state index in [1.165, 1.54) is 43.4 Å². The lowest BCUT2D eigenvalue weighted by atomic mass is 10.2. The Bertz CT molecular complexity index is 822. The van der Waals surface area contributed by atoms with Gasteiger partial charge in [0.05, 0.1) is 4.90 Å². The summed E-state index contributed by atoms with van der Waals surface area (Å²) in [4.78, 5) is 12.1. The second kappa shape index (κ2) is 8.04. The maximum Gasteiger partial charge on any atom is 0.387 e. The molecule has 0 radical (unpaired) electrons. The minimum absolute atomic E-state index is 0.0337. The number of carbonyl (C=O) groups excluding carboxylic acids is 1. The first kappa shape index (κ1) is 18.8. The van der Waals surface area contributed by atoms with Gasteiger partial charge in [-0.3, -0.25) is 4.79 Å². The molecule has 0 bridgehead atoms. The fourth-order valence-electron chi connectivity index (χ4n) is 1.98. The highest BCUT2D eigenvalue weighted by Gasteiger charge is 2.12. The molecule has 1 amide bonds. The molecule has 2 N–H and O–H groups in total. The molecule has 0 aliphatic carbocycles. The molecular formula is C16H16F2N2O4S. The van der Waals surface area contributed by atoms with Crippen molar-refractivity contribution in [2.75, 3.05) is 7.05 Å². The Morgan fingerprint density at radius 2 is 1.68 bits per heavy atom. The van der Waals surface area contributed by atoms with Gasteiger partial charge < -0.3 is 10.1 Å². The van der Waals surface area contributed by atoms with Crippen LogP contribution >= 0.6 is 0 Å². The van der Waals surface area contributed by atoms with Crippen LogP contribution in [0.4, 0.5) is 8.78 Å². The summed E-state index contributed by atoms with van der Waals surface area (Å²) >= 11 is 0.